The molecule has 0 radical (unpaired) electrons. The number of alkyl halides is 3. The molecule has 1 amide bonds. The number of aromatic nitrogens is 1. The Balaban J connectivity index is 2.67. The van der Waals surface area contributed by atoms with Gasteiger partial charge in [0.15, 0.2) is 0 Å². The molecule has 1 aromatic heterocycles. The lowest BCUT2D eigenvalue weighted by atomic mass is 10.1. The van der Waals surface area contributed by atoms with Crippen molar-refractivity contribution in [3.05, 3.63) is 45.9 Å². The first-order chi connectivity index (χ1) is 10.7. The van der Waals surface area contributed by atoms with Crippen LogP contribution in [0.3, 0.4) is 0 Å². The van der Waals surface area contributed by atoms with Crippen LogP contribution >= 0.6 is 0 Å². The number of benzene rings is 1. The normalized spacial score (nSPS) is 11.7. The van der Waals surface area contributed by atoms with Gasteiger partial charge in [-0.2, -0.15) is 13.2 Å². The first-order valence-electron chi connectivity index (χ1n) is 7.22. The molecule has 0 saturated heterocycles. The predicted octanol–water partition coefficient (Wildman–Crippen LogP) is 3.01. The van der Waals surface area contributed by atoms with Gasteiger partial charge < -0.3 is 5.32 Å². The van der Waals surface area contributed by atoms with Crippen molar-refractivity contribution >= 4 is 16.7 Å². The van der Waals surface area contributed by atoms with Gasteiger partial charge in [0, 0.05) is 11.9 Å². The van der Waals surface area contributed by atoms with Crippen LogP contribution in [-0.2, 0) is 6.54 Å². The zero-order valence-electron chi connectivity index (χ0n) is 12.8. The van der Waals surface area contributed by atoms with Crippen LogP contribution in [0.1, 0.15) is 29.4 Å². The van der Waals surface area contributed by atoms with E-state index >= 15 is 0 Å². The molecule has 0 unspecified atom stereocenters. The molecule has 0 bridgehead atoms. The van der Waals surface area contributed by atoms with Crippen molar-refractivity contribution in [2.75, 3.05) is 6.54 Å². The van der Waals surface area contributed by atoms with Crippen molar-refractivity contribution in [3.8, 4) is 0 Å². The molecule has 2 aromatic rings. The highest BCUT2D eigenvalue weighted by atomic mass is 19.4. The molecular weight excluding hydrogens is 309 g/mol. The lowest BCUT2D eigenvalue weighted by Crippen LogP contribution is -2.36. The Labute approximate surface area is 130 Å². The van der Waals surface area contributed by atoms with Gasteiger partial charge in [0.2, 0.25) is 0 Å². The summed E-state index contributed by atoms with van der Waals surface area (Å²) < 4.78 is 38.9. The number of aryl methyl sites for hydroxylation is 1. The van der Waals surface area contributed by atoms with Crippen LogP contribution in [0.25, 0.3) is 10.8 Å². The van der Waals surface area contributed by atoms with Crippen LogP contribution in [0.4, 0.5) is 13.2 Å². The van der Waals surface area contributed by atoms with Crippen LogP contribution in [0, 0.1) is 6.92 Å². The zero-order chi connectivity index (χ0) is 17.2. The maximum absolute atomic E-state index is 12.8. The number of carbonyl (C=O) groups is 1. The van der Waals surface area contributed by atoms with Crippen molar-refractivity contribution < 1.29 is 18.0 Å². The van der Waals surface area contributed by atoms with Gasteiger partial charge in [-0.15, -0.1) is 0 Å². The minimum atomic E-state index is -4.60. The molecule has 0 aliphatic rings. The predicted molar refractivity (Wildman–Crippen MR) is 81.6 cm³/mol. The summed E-state index contributed by atoms with van der Waals surface area (Å²) in [4.78, 5) is 24.6. The van der Waals surface area contributed by atoms with E-state index in [1.54, 1.807) is 19.1 Å². The molecule has 0 saturated carbocycles. The van der Waals surface area contributed by atoms with Crippen LogP contribution in [0.15, 0.2) is 29.1 Å². The van der Waals surface area contributed by atoms with Gasteiger partial charge in [-0.25, -0.2) is 0 Å². The Hall–Kier alpha value is -2.31. The van der Waals surface area contributed by atoms with E-state index in [0.29, 0.717) is 22.9 Å². The number of fused-ring (bicyclic) bond motifs is 1. The number of hydrogen-bond donors (Lipinski definition) is 1. The Bertz CT molecular complexity index is 794. The highest BCUT2D eigenvalue weighted by Gasteiger charge is 2.31. The monoisotopic (exact) mass is 326 g/mol. The molecule has 0 spiro atoms. The maximum atomic E-state index is 12.8. The van der Waals surface area contributed by atoms with E-state index in [0.717, 1.165) is 5.56 Å². The summed E-state index contributed by atoms with van der Waals surface area (Å²) in [6.45, 7) is 2.40. The molecule has 0 aliphatic heterocycles. The van der Waals surface area contributed by atoms with Crippen molar-refractivity contribution in [2.45, 2.75) is 33.0 Å². The molecule has 0 aliphatic carbocycles. The minimum absolute atomic E-state index is 0.168. The minimum Gasteiger partial charge on any atom is -0.351 e. The second-order valence-corrected chi connectivity index (χ2v) is 5.38. The third-order valence-electron chi connectivity index (χ3n) is 3.37. The first kappa shape index (κ1) is 17.1. The lowest BCUT2D eigenvalue weighted by Gasteiger charge is -2.16. The van der Waals surface area contributed by atoms with Crippen LogP contribution in [0.5, 0.6) is 0 Å². The number of amides is 1. The van der Waals surface area contributed by atoms with Gasteiger partial charge in [0.25, 0.3) is 11.5 Å². The summed E-state index contributed by atoms with van der Waals surface area (Å²) in [6, 6.07) is 6.22. The van der Waals surface area contributed by atoms with E-state index in [2.05, 4.69) is 5.32 Å². The smallest absolute Gasteiger partial charge is 0.351 e. The fourth-order valence-electron chi connectivity index (χ4n) is 2.31. The summed E-state index contributed by atoms with van der Waals surface area (Å²) in [6.07, 6.45) is -3.96. The Morgan fingerprint density at radius 1 is 1.26 bits per heavy atom. The van der Waals surface area contributed by atoms with Gasteiger partial charge in [-0.1, -0.05) is 24.6 Å². The van der Waals surface area contributed by atoms with Gasteiger partial charge in [0.1, 0.15) is 12.2 Å². The maximum Gasteiger partial charge on any atom is 0.406 e. The van der Waals surface area contributed by atoms with Crippen LogP contribution in [0.2, 0.25) is 0 Å². The molecular formula is C16H17F3N2O2. The van der Waals surface area contributed by atoms with E-state index in [1.807, 2.05) is 6.92 Å². The van der Waals surface area contributed by atoms with E-state index in [-0.39, 0.29) is 11.1 Å². The Morgan fingerprint density at radius 3 is 2.57 bits per heavy atom. The molecule has 0 atom stereocenters. The molecule has 2 rings (SSSR count). The van der Waals surface area contributed by atoms with Crippen LogP contribution in [-0.4, -0.2) is 23.2 Å². The van der Waals surface area contributed by atoms with E-state index < -0.39 is 24.2 Å². The van der Waals surface area contributed by atoms with Crippen molar-refractivity contribution in [1.29, 1.82) is 0 Å². The third kappa shape index (κ3) is 3.91. The highest BCUT2D eigenvalue weighted by Crippen LogP contribution is 2.20. The largest absolute Gasteiger partial charge is 0.406 e. The second kappa shape index (κ2) is 6.44. The Kier molecular flexibility index (Phi) is 4.77. The number of nitrogens with zero attached hydrogens (tertiary/aromatic N) is 1. The summed E-state index contributed by atoms with van der Waals surface area (Å²) in [7, 11) is 0. The molecule has 124 valence electrons. The fourth-order valence-corrected chi connectivity index (χ4v) is 2.31. The summed E-state index contributed by atoms with van der Waals surface area (Å²) in [5.41, 5.74) is -0.335. The molecule has 1 aromatic carbocycles. The lowest BCUT2D eigenvalue weighted by molar-refractivity contribution is -0.141. The SMILES string of the molecule is CCCNC(=O)c1cc2ccc(C)cc2c(=O)n1CC(F)(F)F. The number of carbonyl (C=O) groups excluding carboxylic acids is 1. The average Bonchev–Trinajstić information content (AvgIpc) is 2.46. The summed E-state index contributed by atoms with van der Waals surface area (Å²) in [5, 5.41) is 3.13. The number of rotatable bonds is 4. The van der Waals surface area contributed by atoms with Crippen molar-refractivity contribution in [1.82, 2.24) is 9.88 Å². The van der Waals surface area contributed by atoms with Crippen molar-refractivity contribution in [2.24, 2.45) is 0 Å². The number of hydrogen-bond acceptors (Lipinski definition) is 2. The summed E-state index contributed by atoms with van der Waals surface area (Å²) >= 11 is 0. The van der Waals surface area contributed by atoms with E-state index in [4.69, 9.17) is 0 Å². The van der Waals surface area contributed by atoms with Gasteiger partial charge >= 0.3 is 6.18 Å². The van der Waals surface area contributed by atoms with Gasteiger partial charge in [-0.05, 0) is 30.9 Å². The van der Waals surface area contributed by atoms with Gasteiger partial charge in [-0.3, -0.25) is 14.2 Å². The first-order valence-corrected chi connectivity index (χ1v) is 7.22. The summed E-state index contributed by atoms with van der Waals surface area (Å²) in [5.74, 6) is -0.685. The number of pyridine rings is 1. The molecule has 7 heteroatoms. The molecule has 23 heavy (non-hydrogen) atoms. The van der Waals surface area contributed by atoms with Crippen molar-refractivity contribution in [3.63, 3.8) is 0 Å². The molecule has 1 N–H and O–H groups in total. The highest BCUT2D eigenvalue weighted by molar-refractivity contribution is 5.96. The van der Waals surface area contributed by atoms with Crippen LogP contribution < -0.4 is 10.9 Å². The van der Waals surface area contributed by atoms with E-state index in [9.17, 15) is 22.8 Å². The molecule has 4 nitrogen and oxygen atoms in total. The molecule has 1 heterocycles. The molecule has 0 fully saturated rings. The third-order valence-corrected chi connectivity index (χ3v) is 3.37. The second-order valence-electron chi connectivity index (χ2n) is 5.38. The van der Waals surface area contributed by atoms with Gasteiger partial charge in [0.05, 0.1) is 0 Å². The van der Waals surface area contributed by atoms with E-state index in [1.165, 1.54) is 12.1 Å². The number of halogens is 3. The Morgan fingerprint density at radius 2 is 1.96 bits per heavy atom. The number of nitrogens with one attached hydrogen (secondary N) is 1. The zero-order valence-corrected chi connectivity index (χ0v) is 12.8. The fraction of sp³-hybridized carbons (Fsp3) is 0.375. The average molecular weight is 326 g/mol. The standard InChI is InChI=1S/C16H17F3N2O2/c1-3-6-20-14(22)13-8-11-5-4-10(2)7-12(11)15(23)21(13)9-16(17,18)19/h4-5,7-8H,3,6,9H2,1-2H3,(H,20,22). The topological polar surface area (TPSA) is 51.1 Å². The quantitative estimate of drug-likeness (QED) is 0.939.